The number of amides is 6. The summed E-state index contributed by atoms with van der Waals surface area (Å²) in [5.41, 5.74) is 3.53. The van der Waals surface area contributed by atoms with E-state index in [0.29, 0.717) is 44.4 Å². The van der Waals surface area contributed by atoms with Gasteiger partial charge >= 0.3 is 0 Å². The van der Waals surface area contributed by atoms with Gasteiger partial charge in [0.25, 0.3) is 17.7 Å². The maximum Gasteiger partial charge on any atom is 0.270 e. The summed E-state index contributed by atoms with van der Waals surface area (Å²) >= 11 is 0. The highest BCUT2D eigenvalue weighted by Gasteiger charge is 2.44. The molecule has 3 aromatic heterocycles. The van der Waals surface area contributed by atoms with E-state index in [2.05, 4.69) is 56.0 Å². The van der Waals surface area contributed by atoms with Crippen molar-refractivity contribution in [2.24, 2.45) is 0 Å². The quantitative estimate of drug-likeness (QED) is 0.0698. The van der Waals surface area contributed by atoms with Crippen molar-refractivity contribution in [1.29, 1.82) is 0 Å². The second-order valence-electron chi connectivity index (χ2n) is 15.9. The molecule has 20 heteroatoms. The second-order valence-corrected chi connectivity index (χ2v) is 15.9. The Bertz CT molecular complexity index is 2340. The smallest absolute Gasteiger partial charge is 0.270 e. The Morgan fingerprint density at radius 1 is 0.887 bits per heavy atom. The van der Waals surface area contributed by atoms with E-state index < -0.39 is 29.7 Å². The van der Waals surface area contributed by atoms with Gasteiger partial charge in [-0.05, 0) is 69.4 Å². The summed E-state index contributed by atoms with van der Waals surface area (Å²) in [6, 6.07) is 9.47. The molecule has 6 amide bonds. The standard InChI is InChI=1S/C42H50N12O8/c1-25-3-2-4-32(48-25)39(57)50-28-19-29(20-28)53-24-47-36-37(45-23-46-38(36)53)49-26-9-12-52(13-10-26)14-16-62-18-17-61-15-11-43-35(56)22-44-27-5-6-30-31(21-27)42(60)54(41(30)59)33-7-8-34(55)51-40(33)58/h2-6,21,23-24,26,28-29,33,44H,7-20,22H2,1H3,(H,43,56)(H,50,57)(H,45,46,49)(H,51,55,58)/t28?,29?,33-/m0/s1. The number of nitrogens with one attached hydrogen (secondary N) is 5. The lowest BCUT2D eigenvalue weighted by atomic mass is 9.86. The van der Waals surface area contributed by atoms with Gasteiger partial charge in [-0.25, -0.2) is 19.9 Å². The Hall–Kier alpha value is -6.38. The van der Waals surface area contributed by atoms with E-state index in [9.17, 15) is 28.8 Å². The van der Waals surface area contributed by atoms with Crippen LogP contribution < -0.4 is 26.6 Å². The molecule has 20 nitrogen and oxygen atoms in total. The van der Waals surface area contributed by atoms with Crippen molar-refractivity contribution in [3.8, 4) is 0 Å². The summed E-state index contributed by atoms with van der Waals surface area (Å²) < 4.78 is 13.5. The number of hydrogen-bond donors (Lipinski definition) is 5. The molecule has 1 atom stereocenters. The minimum absolute atomic E-state index is 0.0413. The van der Waals surface area contributed by atoms with Crippen LogP contribution in [-0.2, 0) is 23.9 Å². The predicted octanol–water partition coefficient (Wildman–Crippen LogP) is 1.20. The zero-order chi connectivity index (χ0) is 43.2. The highest BCUT2D eigenvalue weighted by Crippen LogP contribution is 2.35. The van der Waals surface area contributed by atoms with E-state index in [0.717, 1.165) is 72.9 Å². The Balaban J connectivity index is 0.661. The molecule has 5 N–H and O–H groups in total. The van der Waals surface area contributed by atoms with Crippen molar-refractivity contribution < 1.29 is 38.2 Å². The van der Waals surface area contributed by atoms with E-state index in [-0.39, 0.29) is 60.5 Å². The molecule has 4 aliphatic rings. The molecule has 326 valence electrons. The molecule has 2 saturated heterocycles. The number of likely N-dealkylation sites (tertiary alicyclic amines) is 1. The van der Waals surface area contributed by atoms with Gasteiger partial charge in [0.1, 0.15) is 23.6 Å². The van der Waals surface area contributed by atoms with Crippen LogP contribution in [0.5, 0.6) is 0 Å². The second kappa shape index (κ2) is 19.1. The SMILES string of the molecule is Cc1cccc(C(=O)NC2CC(n3cnc4c(NC5CCN(CCOCCOCCNC(=O)CNc6ccc7c(c6)C(=O)N([C@H]6CCC(=O)NC6=O)C7=O)CC5)ncnc43)C2)n1. The number of carbonyl (C=O) groups excluding carboxylic acids is 6. The number of rotatable bonds is 18. The molecular weight excluding hydrogens is 801 g/mol. The number of imide groups is 2. The lowest BCUT2D eigenvalue weighted by Gasteiger charge is -2.36. The highest BCUT2D eigenvalue weighted by atomic mass is 16.5. The molecule has 1 aromatic carbocycles. The summed E-state index contributed by atoms with van der Waals surface area (Å²) in [5.74, 6) is -2.01. The van der Waals surface area contributed by atoms with Gasteiger partial charge in [-0.3, -0.25) is 39.0 Å². The minimum atomic E-state index is -1.04. The zero-order valence-corrected chi connectivity index (χ0v) is 34.4. The maximum atomic E-state index is 13.0. The minimum Gasteiger partial charge on any atom is -0.378 e. The molecule has 0 radical (unpaired) electrons. The van der Waals surface area contributed by atoms with E-state index >= 15 is 0 Å². The van der Waals surface area contributed by atoms with Gasteiger partial charge in [0.2, 0.25) is 17.7 Å². The van der Waals surface area contributed by atoms with Crippen molar-refractivity contribution >= 4 is 58.1 Å². The topological polar surface area (TPSA) is 244 Å². The normalized spacial score (nSPS) is 20.5. The molecule has 3 aliphatic heterocycles. The van der Waals surface area contributed by atoms with Crippen LogP contribution in [-0.4, -0.2) is 147 Å². The van der Waals surface area contributed by atoms with E-state index in [4.69, 9.17) is 9.47 Å². The fraction of sp³-hybridized carbons (Fsp3) is 0.476. The molecule has 4 aromatic rings. The van der Waals surface area contributed by atoms with Crippen molar-refractivity contribution in [3.63, 3.8) is 0 Å². The molecule has 0 unspecified atom stereocenters. The summed E-state index contributed by atoms with van der Waals surface area (Å²) in [6.45, 7) is 6.50. The van der Waals surface area contributed by atoms with Gasteiger partial charge in [-0.15, -0.1) is 0 Å². The van der Waals surface area contributed by atoms with Gasteiger partial charge in [0.15, 0.2) is 11.5 Å². The number of aromatic nitrogens is 5. The van der Waals surface area contributed by atoms with Crippen LogP contribution in [0, 0.1) is 6.92 Å². The molecule has 3 fully saturated rings. The number of nitrogens with zero attached hydrogens (tertiary/aromatic N) is 7. The molecule has 0 spiro atoms. The van der Waals surface area contributed by atoms with Gasteiger partial charge in [-0.1, -0.05) is 6.07 Å². The number of imidazole rings is 1. The number of benzene rings is 1. The largest absolute Gasteiger partial charge is 0.378 e. The summed E-state index contributed by atoms with van der Waals surface area (Å²) in [5, 5.41) is 14.6. The molecule has 62 heavy (non-hydrogen) atoms. The number of hydrogen-bond acceptors (Lipinski definition) is 15. The van der Waals surface area contributed by atoms with Crippen LogP contribution >= 0.6 is 0 Å². The van der Waals surface area contributed by atoms with Crippen LogP contribution in [0.25, 0.3) is 11.2 Å². The number of carbonyl (C=O) groups is 6. The van der Waals surface area contributed by atoms with E-state index in [1.807, 2.05) is 25.4 Å². The van der Waals surface area contributed by atoms with Gasteiger partial charge in [-0.2, -0.15) is 0 Å². The molecule has 0 bridgehead atoms. The van der Waals surface area contributed by atoms with Crippen LogP contribution in [0.15, 0.2) is 49.1 Å². The van der Waals surface area contributed by atoms with Crippen molar-refractivity contribution in [1.82, 2.24) is 50.3 Å². The predicted molar refractivity (Wildman–Crippen MR) is 223 cm³/mol. The van der Waals surface area contributed by atoms with Gasteiger partial charge in [0, 0.05) is 62.1 Å². The molecule has 1 aliphatic carbocycles. The number of pyridine rings is 1. The number of ether oxygens (including phenoxy) is 2. The van der Waals surface area contributed by atoms with Crippen LogP contribution in [0.2, 0.25) is 0 Å². The average Bonchev–Trinajstić information content (AvgIpc) is 3.79. The number of piperidine rings is 2. The first-order valence-electron chi connectivity index (χ1n) is 21.0. The number of aryl methyl sites for hydroxylation is 1. The Morgan fingerprint density at radius 3 is 2.47 bits per heavy atom. The zero-order valence-electron chi connectivity index (χ0n) is 34.4. The summed E-state index contributed by atoms with van der Waals surface area (Å²) in [7, 11) is 0. The van der Waals surface area contributed by atoms with Crippen LogP contribution in [0.1, 0.15) is 81.5 Å². The fourth-order valence-electron chi connectivity index (χ4n) is 8.18. The van der Waals surface area contributed by atoms with Crippen LogP contribution in [0.4, 0.5) is 11.5 Å². The Labute approximate surface area is 356 Å². The average molecular weight is 851 g/mol. The molecular formula is C42H50N12O8. The third-order valence-corrected chi connectivity index (χ3v) is 11.6. The first-order valence-corrected chi connectivity index (χ1v) is 21.0. The van der Waals surface area contributed by atoms with E-state index in [1.165, 1.54) is 12.1 Å². The maximum absolute atomic E-state index is 13.0. The first kappa shape index (κ1) is 42.3. The summed E-state index contributed by atoms with van der Waals surface area (Å²) in [6.07, 6.45) is 7.00. The molecule has 6 heterocycles. The number of anilines is 2. The highest BCUT2D eigenvalue weighted by molar-refractivity contribution is 6.23. The lowest BCUT2D eigenvalue weighted by molar-refractivity contribution is -0.136. The summed E-state index contributed by atoms with van der Waals surface area (Å²) in [4.78, 5) is 96.1. The van der Waals surface area contributed by atoms with Crippen molar-refractivity contribution in [2.75, 3.05) is 69.8 Å². The van der Waals surface area contributed by atoms with Crippen LogP contribution in [0.3, 0.4) is 0 Å². The molecule has 8 rings (SSSR count). The van der Waals surface area contributed by atoms with Gasteiger partial charge < -0.3 is 40.2 Å². The third-order valence-electron chi connectivity index (χ3n) is 11.6. The monoisotopic (exact) mass is 850 g/mol. The number of fused-ring (bicyclic) bond motifs is 2. The van der Waals surface area contributed by atoms with Crippen molar-refractivity contribution in [2.45, 2.75) is 69.6 Å². The van der Waals surface area contributed by atoms with Gasteiger partial charge in [0.05, 0.1) is 50.4 Å². The van der Waals surface area contributed by atoms with Crippen molar-refractivity contribution in [3.05, 3.63) is 71.6 Å². The fourth-order valence-corrected chi connectivity index (χ4v) is 8.18. The molecule has 1 saturated carbocycles. The Morgan fingerprint density at radius 2 is 1.68 bits per heavy atom. The third kappa shape index (κ3) is 9.72. The lowest BCUT2D eigenvalue weighted by Crippen LogP contribution is -2.54. The van der Waals surface area contributed by atoms with E-state index in [1.54, 1.807) is 18.5 Å². The Kier molecular flexibility index (Phi) is 13.1. The first-order chi connectivity index (χ1) is 30.1.